The number of hydrogen-bond acceptors (Lipinski definition) is 5. The van der Waals surface area contributed by atoms with Crippen LogP contribution in [0, 0.1) is 19.3 Å². The van der Waals surface area contributed by atoms with Crippen molar-refractivity contribution in [3.63, 3.8) is 0 Å². The number of hydrogen-bond donors (Lipinski definition) is 1. The molecule has 0 amide bonds. The Hall–Kier alpha value is -2.51. The molecule has 1 aliphatic rings. The number of fused-ring (bicyclic) bond motifs is 1. The highest BCUT2D eigenvalue weighted by Gasteiger charge is 2.16. The molecule has 1 saturated heterocycles. The summed E-state index contributed by atoms with van der Waals surface area (Å²) >= 11 is 0. The standard InChI is InChI=1S/C20H26N6O/c1-15-16(2)26(13-17-4-3-5-22-12-17)20-18(15)19(21)25(14-23-20)7-6-24-8-10-27-11-9-24/h3-5,12,14,21H,6-11,13H2,1-2H3. The van der Waals surface area contributed by atoms with Crippen LogP contribution in [0.25, 0.3) is 11.0 Å². The molecule has 3 aromatic rings. The van der Waals surface area contributed by atoms with Gasteiger partial charge in [0.05, 0.1) is 31.5 Å². The van der Waals surface area contributed by atoms with E-state index in [2.05, 4.69) is 34.4 Å². The number of aryl methyl sites for hydroxylation is 1. The second-order valence-electron chi connectivity index (χ2n) is 7.10. The van der Waals surface area contributed by atoms with Crippen molar-refractivity contribution < 1.29 is 4.74 Å². The van der Waals surface area contributed by atoms with Crippen LogP contribution in [0.4, 0.5) is 0 Å². The molecule has 0 saturated carbocycles. The molecular weight excluding hydrogens is 340 g/mol. The summed E-state index contributed by atoms with van der Waals surface area (Å²) in [5.41, 5.74) is 4.84. The summed E-state index contributed by atoms with van der Waals surface area (Å²) in [6.45, 7) is 10.1. The summed E-state index contributed by atoms with van der Waals surface area (Å²) in [6, 6.07) is 4.02. The van der Waals surface area contributed by atoms with E-state index in [1.807, 2.05) is 23.2 Å². The second-order valence-corrected chi connectivity index (χ2v) is 7.10. The average Bonchev–Trinajstić information content (AvgIpc) is 2.94. The fourth-order valence-corrected chi connectivity index (χ4v) is 3.70. The summed E-state index contributed by atoms with van der Waals surface area (Å²) < 4.78 is 9.55. The van der Waals surface area contributed by atoms with Gasteiger partial charge in [-0.25, -0.2) is 4.98 Å². The van der Waals surface area contributed by atoms with E-state index < -0.39 is 0 Å². The lowest BCUT2D eigenvalue weighted by molar-refractivity contribution is 0.0362. The summed E-state index contributed by atoms with van der Waals surface area (Å²) in [5, 5.41) is 9.69. The van der Waals surface area contributed by atoms with E-state index in [9.17, 15) is 0 Å². The van der Waals surface area contributed by atoms with Crippen molar-refractivity contribution in [1.82, 2.24) is 24.0 Å². The minimum atomic E-state index is 0.541. The molecule has 1 fully saturated rings. The van der Waals surface area contributed by atoms with Gasteiger partial charge >= 0.3 is 0 Å². The highest BCUT2D eigenvalue weighted by molar-refractivity contribution is 5.80. The van der Waals surface area contributed by atoms with Gasteiger partial charge in [0.2, 0.25) is 0 Å². The Morgan fingerprint density at radius 1 is 1.19 bits per heavy atom. The lowest BCUT2D eigenvalue weighted by atomic mass is 10.2. The van der Waals surface area contributed by atoms with Gasteiger partial charge in [-0.15, -0.1) is 0 Å². The molecular formula is C20H26N6O. The van der Waals surface area contributed by atoms with Crippen molar-refractivity contribution in [2.75, 3.05) is 32.8 Å². The van der Waals surface area contributed by atoms with Gasteiger partial charge in [0.25, 0.3) is 0 Å². The van der Waals surface area contributed by atoms with Gasteiger partial charge in [0.15, 0.2) is 0 Å². The molecule has 3 aromatic heterocycles. The quantitative estimate of drug-likeness (QED) is 0.746. The Labute approximate surface area is 158 Å². The first kappa shape index (κ1) is 17.9. The van der Waals surface area contributed by atoms with Crippen molar-refractivity contribution in [2.45, 2.75) is 26.9 Å². The number of ether oxygens (including phenoxy) is 1. The topological polar surface area (TPSA) is 72.0 Å². The van der Waals surface area contributed by atoms with Crippen LogP contribution < -0.4 is 5.49 Å². The maximum atomic E-state index is 8.74. The second kappa shape index (κ2) is 7.62. The van der Waals surface area contributed by atoms with Gasteiger partial charge in [0.1, 0.15) is 11.1 Å². The first-order valence-electron chi connectivity index (χ1n) is 9.43. The van der Waals surface area contributed by atoms with Gasteiger partial charge in [0, 0.05) is 44.3 Å². The van der Waals surface area contributed by atoms with Crippen LogP contribution in [0.1, 0.15) is 16.8 Å². The number of aromatic nitrogens is 4. The Bertz CT molecular complexity index is 985. The molecule has 0 radical (unpaired) electrons. The van der Waals surface area contributed by atoms with Crippen molar-refractivity contribution in [2.24, 2.45) is 0 Å². The van der Waals surface area contributed by atoms with Crippen molar-refractivity contribution in [1.29, 1.82) is 5.41 Å². The summed E-state index contributed by atoms with van der Waals surface area (Å²) in [6.07, 6.45) is 5.48. The van der Waals surface area contributed by atoms with Crippen molar-refractivity contribution >= 4 is 11.0 Å². The van der Waals surface area contributed by atoms with E-state index >= 15 is 0 Å². The number of morpholine rings is 1. The van der Waals surface area contributed by atoms with Gasteiger partial charge in [-0.1, -0.05) is 6.07 Å². The van der Waals surface area contributed by atoms with E-state index in [1.54, 1.807) is 6.20 Å². The van der Waals surface area contributed by atoms with Gasteiger partial charge < -0.3 is 13.9 Å². The SMILES string of the molecule is Cc1c(C)n(Cc2cccnc2)c2ncn(CCN3CCOCC3)c(=N)c12. The van der Waals surface area contributed by atoms with Crippen LogP contribution in [0.15, 0.2) is 30.9 Å². The molecule has 0 aliphatic carbocycles. The Balaban J connectivity index is 1.64. The third kappa shape index (κ3) is 3.52. The predicted molar refractivity (Wildman–Crippen MR) is 104 cm³/mol. The minimum absolute atomic E-state index is 0.541. The van der Waals surface area contributed by atoms with E-state index in [1.165, 1.54) is 0 Å². The number of nitrogens with zero attached hydrogens (tertiary/aromatic N) is 5. The van der Waals surface area contributed by atoms with Gasteiger partial charge in [-0.3, -0.25) is 15.3 Å². The van der Waals surface area contributed by atoms with E-state index in [0.29, 0.717) is 12.0 Å². The third-order valence-corrected chi connectivity index (χ3v) is 5.47. The van der Waals surface area contributed by atoms with Crippen LogP contribution in [0.5, 0.6) is 0 Å². The molecule has 0 bridgehead atoms. The predicted octanol–water partition coefficient (Wildman–Crippen LogP) is 1.71. The molecule has 4 rings (SSSR count). The molecule has 142 valence electrons. The Morgan fingerprint density at radius 2 is 2.00 bits per heavy atom. The van der Waals surface area contributed by atoms with Crippen LogP contribution in [-0.2, 0) is 17.8 Å². The fourth-order valence-electron chi connectivity index (χ4n) is 3.70. The molecule has 0 aromatic carbocycles. The summed E-state index contributed by atoms with van der Waals surface area (Å²) in [5.74, 6) is 0. The first-order valence-corrected chi connectivity index (χ1v) is 9.43. The maximum absolute atomic E-state index is 8.74. The Morgan fingerprint density at radius 3 is 2.74 bits per heavy atom. The lowest BCUT2D eigenvalue weighted by Crippen LogP contribution is -2.39. The van der Waals surface area contributed by atoms with E-state index in [-0.39, 0.29) is 0 Å². The largest absolute Gasteiger partial charge is 0.379 e. The highest BCUT2D eigenvalue weighted by atomic mass is 16.5. The summed E-state index contributed by atoms with van der Waals surface area (Å²) in [7, 11) is 0. The van der Waals surface area contributed by atoms with Crippen LogP contribution >= 0.6 is 0 Å². The number of nitrogens with one attached hydrogen (secondary N) is 1. The molecule has 27 heavy (non-hydrogen) atoms. The highest BCUT2D eigenvalue weighted by Crippen LogP contribution is 2.21. The smallest absolute Gasteiger partial charge is 0.146 e. The van der Waals surface area contributed by atoms with Crippen LogP contribution in [0.3, 0.4) is 0 Å². The fraction of sp³-hybridized carbons (Fsp3) is 0.450. The average molecular weight is 366 g/mol. The molecule has 0 unspecified atom stereocenters. The molecule has 7 nitrogen and oxygen atoms in total. The van der Waals surface area contributed by atoms with Gasteiger partial charge in [-0.2, -0.15) is 0 Å². The van der Waals surface area contributed by atoms with Crippen LogP contribution in [-0.4, -0.2) is 56.9 Å². The summed E-state index contributed by atoms with van der Waals surface area (Å²) in [4.78, 5) is 11.3. The molecule has 1 aliphatic heterocycles. The molecule has 1 N–H and O–H groups in total. The van der Waals surface area contributed by atoms with E-state index in [4.69, 9.17) is 15.1 Å². The zero-order valence-corrected chi connectivity index (χ0v) is 16.0. The maximum Gasteiger partial charge on any atom is 0.146 e. The Kier molecular flexibility index (Phi) is 5.05. The monoisotopic (exact) mass is 366 g/mol. The van der Waals surface area contributed by atoms with Gasteiger partial charge in [-0.05, 0) is 31.0 Å². The molecule has 0 spiro atoms. The first-order chi connectivity index (χ1) is 13.1. The van der Waals surface area contributed by atoms with E-state index in [0.717, 1.165) is 67.2 Å². The molecule has 7 heteroatoms. The number of pyridine rings is 1. The third-order valence-electron chi connectivity index (χ3n) is 5.47. The lowest BCUT2D eigenvalue weighted by Gasteiger charge is -2.26. The van der Waals surface area contributed by atoms with Crippen molar-refractivity contribution in [3.8, 4) is 0 Å². The normalized spacial score (nSPS) is 15.5. The number of rotatable bonds is 5. The van der Waals surface area contributed by atoms with Crippen molar-refractivity contribution in [3.05, 3.63) is 53.2 Å². The minimum Gasteiger partial charge on any atom is -0.379 e. The molecule has 4 heterocycles. The molecule has 0 atom stereocenters. The zero-order chi connectivity index (χ0) is 18.8. The zero-order valence-electron chi connectivity index (χ0n) is 16.0. The van der Waals surface area contributed by atoms with Crippen LogP contribution in [0.2, 0.25) is 0 Å².